The fraction of sp³-hybridized carbons (Fsp3) is 0.158. The second kappa shape index (κ2) is 10.1. The Kier molecular flexibility index (Phi) is 7.81. The molecular weight excluding hydrogens is 513 g/mol. The summed E-state index contributed by atoms with van der Waals surface area (Å²) >= 11 is 7.83. The van der Waals surface area contributed by atoms with Crippen molar-refractivity contribution in [1.29, 1.82) is 5.26 Å². The Morgan fingerprint density at radius 3 is 2.72 bits per heavy atom. The van der Waals surface area contributed by atoms with Gasteiger partial charge < -0.3 is 14.8 Å². The summed E-state index contributed by atoms with van der Waals surface area (Å²) in [5.41, 5.74) is 0.169. The molecule has 0 spiro atoms. The molecule has 0 unspecified atom stereocenters. The zero-order valence-electron chi connectivity index (χ0n) is 15.4. The zero-order chi connectivity index (χ0) is 21.6. The monoisotopic (exact) mass is 527 g/mol. The van der Waals surface area contributed by atoms with Crippen LogP contribution in [0.2, 0.25) is 5.02 Å². The molecule has 0 atom stereocenters. The van der Waals surface area contributed by atoms with E-state index in [1.54, 1.807) is 12.1 Å². The fourth-order valence-corrected chi connectivity index (χ4v) is 3.41. The van der Waals surface area contributed by atoms with Crippen LogP contribution in [0.15, 0.2) is 35.9 Å². The minimum Gasteiger partial charge on any atom is -0.492 e. The van der Waals surface area contributed by atoms with E-state index < -0.39 is 10.8 Å². The van der Waals surface area contributed by atoms with Crippen LogP contribution < -0.4 is 14.8 Å². The minimum atomic E-state index is -0.715. The third-order valence-corrected chi connectivity index (χ3v) is 4.73. The number of halogens is 2. The SMILES string of the molecule is CCOc1cc(/C=C(\C#N)C(=O)Nc2ccc(Cl)c([N+](=O)[O-])c2)cc(I)c1OC. The molecule has 1 N–H and O–H groups in total. The number of nitriles is 1. The molecule has 0 saturated heterocycles. The predicted octanol–water partition coefficient (Wildman–Crippen LogP) is 4.81. The Morgan fingerprint density at radius 2 is 2.14 bits per heavy atom. The molecule has 0 aliphatic carbocycles. The standard InChI is InChI=1S/C19H15ClIN3O5/c1-3-29-17-8-11(7-15(21)18(17)28-2)6-12(10-22)19(25)23-13-4-5-14(20)16(9-13)24(26)27/h4-9H,3H2,1-2H3,(H,23,25)/b12-6+. The first-order valence-corrected chi connectivity index (χ1v) is 9.63. The second-order valence-electron chi connectivity index (χ2n) is 5.51. The van der Waals surface area contributed by atoms with Crippen LogP contribution >= 0.6 is 34.2 Å². The minimum absolute atomic E-state index is 0.0553. The van der Waals surface area contributed by atoms with Gasteiger partial charge in [0.1, 0.15) is 16.7 Å². The van der Waals surface area contributed by atoms with E-state index in [1.807, 2.05) is 13.0 Å². The molecule has 0 saturated carbocycles. The molecule has 1 amide bonds. The van der Waals surface area contributed by atoms with E-state index >= 15 is 0 Å². The van der Waals surface area contributed by atoms with E-state index in [-0.39, 0.29) is 22.0 Å². The van der Waals surface area contributed by atoms with E-state index in [2.05, 4.69) is 27.9 Å². The third kappa shape index (κ3) is 5.58. The van der Waals surface area contributed by atoms with Crippen LogP contribution in [-0.2, 0) is 4.79 Å². The second-order valence-corrected chi connectivity index (χ2v) is 7.08. The van der Waals surface area contributed by atoms with Gasteiger partial charge in [-0.2, -0.15) is 5.26 Å². The molecule has 8 nitrogen and oxygen atoms in total. The summed E-state index contributed by atoms with van der Waals surface area (Å²) in [4.78, 5) is 22.8. The molecule has 2 rings (SSSR count). The molecule has 0 heterocycles. The number of nitro groups is 1. The molecule has 150 valence electrons. The van der Waals surface area contributed by atoms with Gasteiger partial charge in [-0.15, -0.1) is 0 Å². The first-order valence-electron chi connectivity index (χ1n) is 8.18. The molecule has 0 radical (unpaired) electrons. The fourth-order valence-electron chi connectivity index (χ4n) is 2.38. The number of methoxy groups -OCH3 is 1. The van der Waals surface area contributed by atoms with Gasteiger partial charge in [-0.1, -0.05) is 11.6 Å². The van der Waals surface area contributed by atoms with Gasteiger partial charge in [0.2, 0.25) is 0 Å². The van der Waals surface area contributed by atoms with Crippen molar-refractivity contribution in [2.75, 3.05) is 19.0 Å². The number of nitrogens with zero attached hydrogens (tertiary/aromatic N) is 2. The Morgan fingerprint density at radius 1 is 1.41 bits per heavy atom. The highest BCUT2D eigenvalue weighted by Gasteiger charge is 2.16. The molecule has 0 bridgehead atoms. The van der Waals surface area contributed by atoms with Gasteiger partial charge in [-0.3, -0.25) is 14.9 Å². The molecule has 2 aromatic rings. The number of carbonyl (C=O) groups is 1. The number of benzene rings is 2. The molecule has 2 aromatic carbocycles. The Labute approximate surface area is 185 Å². The summed E-state index contributed by atoms with van der Waals surface area (Å²) in [5.74, 6) is 0.327. The topological polar surface area (TPSA) is 114 Å². The number of ether oxygens (including phenoxy) is 2. The number of amides is 1. The van der Waals surface area contributed by atoms with Crippen molar-refractivity contribution in [2.45, 2.75) is 6.92 Å². The normalized spacial score (nSPS) is 10.8. The summed E-state index contributed by atoms with van der Waals surface area (Å²) in [5, 5.41) is 22.8. The Balaban J connectivity index is 2.35. The molecular formula is C19H15ClIN3O5. The average Bonchev–Trinajstić information content (AvgIpc) is 2.67. The van der Waals surface area contributed by atoms with E-state index in [0.717, 1.165) is 9.64 Å². The molecule has 0 aromatic heterocycles. The van der Waals surface area contributed by atoms with E-state index in [4.69, 9.17) is 21.1 Å². The Hall–Kier alpha value is -2.84. The van der Waals surface area contributed by atoms with Gasteiger partial charge in [0, 0.05) is 11.8 Å². The van der Waals surface area contributed by atoms with Gasteiger partial charge in [-0.25, -0.2) is 0 Å². The van der Waals surface area contributed by atoms with Gasteiger partial charge in [0.15, 0.2) is 11.5 Å². The van der Waals surface area contributed by atoms with Gasteiger partial charge in [-0.05, 0) is 65.4 Å². The molecule has 10 heteroatoms. The van der Waals surface area contributed by atoms with Crippen molar-refractivity contribution in [3.8, 4) is 17.6 Å². The first-order chi connectivity index (χ1) is 13.8. The van der Waals surface area contributed by atoms with Crippen LogP contribution in [0.1, 0.15) is 12.5 Å². The smallest absolute Gasteiger partial charge is 0.289 e. The number of anilines is 1. The van der Waals surface area contributed by atoms with Crippen LogP contribution in [0.3, 0.4) is 0 Å². The van der Waals surface area contributed by atoms with E-state index in [9.17, 15) is 20.2 Å². The highest BCUT2D eigenvalue weighted by molar-refractivity contribution is 14.1. The van der Waals surface area contributed by atoms with Gasteiger partial charge >= 0.3 is 0 Å². The highest BCUT2D eigenvalue weighted by Crippen LogP contribution is 2.34. The quantitative estimate of drug-likeness (QED) is 0.182. The zero-order valence-corrected chi connectivity index (χ0v) is 18.3. The number of nitrogens with one attached hydrogen (secondary N) is 1. The van der Waals surface area contributed by atoms with Crippen LogP contribution in [0, 0.1) is 25.0 Å². The van der Waals surface area contributed by atoms with Gasteiger partial charge in [0.25, 0.3) is 11.6 Å². The van der Waals surface area contributed by atoms with Crippen molar-refractivity contribution in [3.63, 3.8) is 0 Å². The number of hydrogen-bond donors (Lipinski definition) is 1. The highest BCUT2D eigenvalue weighted by atomic mass is 127. The van der Waals surface area contributed by atoms with Crippen molar-refractivity contribution < 1.29 is 19.2 Å². The molecule has 0 fully saturated rings. The summed E-state index contributed by atoms with van der Waals surface area (Å²) in [7, 11) is 1.52. The maximum absolute atomic E-state index is 12.5. The number of rotatable bonds is 7. The van der Waals surface area contributed by atoms with Crippen LogP contribution in [0.25, 0.3) is 6.08 Å². The van der Waals surface area contributed by atoms with Crippen molar-refractivity contribution in [3.05, 3.63) is 60.2 Å². The average molecular weight is 528 g/mol. The third-order valence-electron chi connectivity index (χ3n) is 3.61. The largest absolute Gasteiger partial charge is 0.492 e. The number of hydrogen-bond acceptors (Lipinski definition) is 6. The van der Waals surface area contributed by atoms with E-state index in [0.29, 0.717) is 23.7 Å². The lowest BCUT2D eigenvalue weighted by atomic mass is 10.1. The van der Waals surface area contributed by atoms with E-state index in [1.165, 1.54) is 25.3 Å². The maximum atomic E-state index is 12.5. The molecule has 0 aliphatic heterocycles. The predicted molar refractivity (Wildman–Crippen MR) is 117 cm³/mol. The molecule has 0 aliphatic rings. The first kappa shape index (κ1) is 22.4. The summed E-state index contributed by atoms with van der Waals surface area (Å²) < 4.78 is 11.6. The Bertz CT molecular complexity index is 1030. The van der Waals surface area contributed by atoms with Crippen molar-refractivity contribution in [1.82, 2.24) is 0 Å². The lowest BCUT2D eigenvalue weighted by molar-refractivity contribution is -0.384. The summed E-state index contributed by atoms with van der Waals surface area (Å²) in [6.45, 7) is 2.24. The maximum Gasteiger partial charge on any atom is 0.289 e. The lowest BCUT2D eigenvalue weighted by Crippen LogP contribution is -2.13. The van der Waals surface area contributed by atoms with Crippen LogP contribution in [0.4, 0.5) is 11.4 Å². The van der Waals surface area contributed by atoms with Gasteiger partial charge in [0.05, 0.1) is 22.2 Å². The van der Waals surface area contributed by atoms with Crippen molar-refractivity contribution >= 4 is 57.5 Å². The van der Waals surface area contributed by atoms with Crippen molar-refractivity contribution in [2.24, 2.45) is 0 Å². The number of nitro benzene ring substituents is 1. The van der Waals surface area contributed by atoms with Crippen LogP contribution in [0.5, 0.6) is 11.5 Å². The summed E-state index contributed by atoms with van der Waals surface area (Å²) in [6, 6.07) is 9.05. The lowest BCUT2D eigenvalue weighted by Gasteiger charge is -2.12. The molecule has 29 heavy (non-hydrogen) atoms. The summed E-state index contributed by atoms with van der Waals surface area (Å²) in [6.07, 6.45) is 1.39. The van der Waals surface area contributed by atoms with Crippen LogP contribution in [-0.4, -0.2) is 24.5 Å². The number of carbonyl (C=O) groups excluding carboxylic acids is 1.